The minimum atomic E-state index is -0.632. The third kappa shape index (κ3) is 3.09. The predicted octanol–water partition coefficient (Wildman–Crippen LogP) is 5.17. The lowest BCUT2D eigenvalue weighted by Crippen LogP contribution is -2.34. The van der Waals surface area contributed by atoms with Crippen LogP contribution in [0.2, 0.25) is 5.02 Å². The number of carbonyl (C=O) groups is 1. The van der Waals surface area contributed by atoms with Gasteiger partial charge in [0.2, 0.25) is 5.91 Å². The SMILES string of the molecule is Cc1cc2sc(NC(=O)C(C)(C)c3ccccc3)nc2cc1Cl. The lowest BCUT2D eigenvalue weighted by atomic mass is 9.84. The fourth-order valence-corrected chi connectivity index (χ4v) is 3.44. The van der Waals surface area contributed by atoms with E-state index in [1.54, 1.807) is 0 Å². The molecule has 23 heavy (non-hydrogen) atoms. The molecule has 0 aliphatic carbocycles. The normalized spacial score (nSPS) is 11.7. The van der Waals surface area contributed by atoms with E-state index in [0.29, 0.717) is 10.2 Å². The molecule has 0 aliphatic heterocycles. The molecule has 0 saturated heterocycles. The van der Waals surface area contributed by atoms with Gasteiger partial charge >= 0.3 is 0 Å². The quantitative estimate of drug-likeness (QED) is 0.711. The van der Waals surface area contributed by atoms with Gasteiger partial charge in [0.25, 0.3) is 0 Å². The van der Waals surface area contributed by atoms with Crippen LogP contribution in [-0.2, 0) is 10.2 Å². The second-order valence-corrected chi connectivity index (χ2v) is 7.47. The van der Waals surface area contributed by atoms with Gasteiger partial charge in [0.1, 0.15) is 0 Å². The Morgan fingerprint density at radius 3 is 2.61 bits per heavy atom. The third-order valence-electron chi connectivity index (χ3n) is 3.95. The number of aromatic nitrogens is 1. The van der Waals surface area contributed by atoms with Gasteiger partial charge in [0, 0.05) is 5.02 Å². The van der Waals surface area contributed by atoms with Crippen LogP contribution in [0.15, 0.2) is 42.5 Å². The zero-order valence-corrected chi connectivity index (χ0v) is 14.8. The van der Waals surface area contributed by atoms with Crippen molar-refractivity contribution >= 4 is 44.2 Å². The van der Waals surface area contributed by atoms with E-state index < -0.39 is 5.41 Å². The molecule has 1 amide bonds. The van der Waals surface area contributed by atoms with Crippen molar-refractivity contribution in [3.05, 3.63) is 58.6 Å². The molecule has 3 rings (SSSR count). The number of fused-ring (bicyclic) bond motifs is 1. The maximum Gasteiger partial charge on any atom is 0.236 e. The summed E-state index contributed by atoms with van der Waals surface area (Å²) in [6.45, 7) is 5.77. The molecule has 0 spiro atoms. The summed E-state index contributed by atoms with van der Waals surface area (Å²) in [4.78, 5) is 17.1. The largest absolute Gasteiger partial charge is 0.301 e. The molecule has 0 unspecified atom stereocenters. The highest BCUT2D eigenvalue weighted by Gasteiger charge is 2.30. The number of hydrogen-bond acceptors (Lipinski definition) is 3. The average molecular weight is 345 g/mol. The van der Waals surface area contributed by atoms with Crippen molar-refractivity contribution in [3.63, 3.8) is 0 Å². The second kappa shape index (κ2) is 5.95. The van der Waals surface area contributed by atoms with Crippen LogP contribution in [0.5, 0.6) is 0 Å². The van der Waals surface area contributed by atoms with Crippen molar-refractivity contribution in [3.8, 4) is 0 Å². The van der Waals surface area contributed by atoms with Crippen LogP contribution < -0.4 is 5.32 Å². The topological polar surface area (TPSA) is 42.0 Å². The van der Waals surface area contributed by atoms with Crippen LogP contribution in [0, 0.1) is 6.92 Å². The van der Waals surface area contributed by atoms with Crippen molar-refractivity contribution in [1.29, 1.82) is 0 Å². The van der Waals surface area contributed by atoms with E-state index in [4.69, 9.17) is 11.6 Å². The fraction of sp³-hybridized carbons (Fsp3) is 0.222. The Balaban J connectivity index is 1.88. The predicted molar refractivity (Wildman–Crippen MR) is 97.5 cm³/mol. The van der Waals surface area contributed by atoms with Crippen molar-refractivity contribution in [2.45, 2.75) is 26.2 Å². The van der Waals surface area contributed by atoms with E-state index >= 15 is 0 Å². The molecular weight excluding hydrogens is 328 g/mol. The second-order valence-electron chi connectivity index (χ2n) is 6.03. The van der Waals surface area contributed by atoms with E-state index in [9.17, 15) is 4.79 Å². The number of carbonyl (C=O) groups excluding carboxylic acids is 1. The van der Waals surface area contributed by atoms with E-state index in [-0.39, 0.29) is 5.91 Å². The molecule has 1 N–H and O–H groups in total. The first-order valence-corrected chi connectivity index (χ1v) is 8.51. The van der Waals surface area contributed by atoms with Gasteiger partial charge in [-0.15, -0.1) is 0 Å². The lowest BCUT2D eigenvalue weighted by Gasteiger charge is -2.23. The minimum absolute atomic E-state index is 0.0782. The van der Waals surface area contributed by atoms with E-state index in [0.717, 1.165) is 21.3 Å². The van der Waals surface area contributed by atoms with Gasteiger partial charge in [-0.3, -0.25) is 4.79 Å². The highest BCUT2D eigenvalue weighted by Crippen LogP contribution is 2.32. The van der Waals surface area contributed by atoms with E-state index in [2.05, 4.69) is 10.3 Å². The van der Waals surface area contributed by atoms with Crippen molar-refractivity contribution < 1.29 is 4.79 Å². The molecule has 5 heteroatoms. The molecule has 3 nitrogen and oxygen atoms in total. The summed E-state index contributed by atoms with van der Waals surface area (Å²) in [7, 11) is 0. The van der Waals surface area contributed by atoms with Crippen molar-refractivity contribution in [2.75, 3.05) is 5.32 Å². The van der Waals surface area contributed by atoms with Gasteiger partial charge in [-0.1, -0.05) is 53.3 Å². The van der Waals surface area contributed by atoms with Gasteiger partial charge in [0.05, 0.1) is 15.6 Å². The molecule has 0 bridgehead atoms. The summed E-state index contributed by atoms with van der Waals surface area (Å²) in [6.07, 6.45) is 0. The third-order valence-corrected chi connectivity index (χ3v) is 5.29. The van der Waals surface area contributed by atoms with Gasteiger partial charge in [-0.2, -0.15) is 0 Å². The summed E-state index contributed by atoms with van der Waals surface area (Å²) in [5.74, 6) is -0.0782. The molecule has 1 heterocycles. The zero-order chi connectivity index (χ0) is 16.6. The van der Waals surface area contributed by atoms with Crippen LogP contribution in [0.1, 0.15) is 25.0 Å². The number of amides is 1. The fourth-order valence-electron chi connectivity index (χ4n) is 2.34. The Labute approximate surface area is 144 Å². The first-order chi connectivity index (χ1) is 10.9. The summed E-state index contributed by atoms with van der Waals surface area (Å²) < 4.78 is 1.01. The van der Waals surface area contributed by atoms with Crippen molar-refractivity contribution in [2.24, 2.45) is 0 Å². The Kier molecular flexibility index (Phi) is 4.13. The lowest BCUT2D eigenvalue weighted by molar-refractivity contribution is -0.120. The van der Waals surface area contributed by atoms with Crippen LogP contribution >= 0.6 is 22.9 Å². The highest BCUT2D eigenvalue weighted by molar-refractivity contribution is 7.22. The highest BCUT2D eigenvalue weighted by atomic mass is 35.5. The van der Waals surface area contributed by atoms with Gasteiger partial charge in [-0.25, -0.2) is 4.98 Å². The molecule has 0 fully saturated rings. The molecule has 1 aromatic heterocycles. The number of benzene rings is 2. The van der Waals surface area contributed by atoms with Crippen LogP contribution in [0.3, 0.4) is 0 Å². The molecule has 0 radical (unpaired) electrons. The number of rotatable bonds is 3. The Bertz CT molecular complexity index is 832. The number of hydrogen-bond donors (Lipinski definition) is 1. The molecule has 3 aromatic rings. The molecule has 0 saturated carbocycles. The Morgan fingerprint density at radius 2 is 1.91 bits per heavy atom. The molecular formula is C18H17ClN2OS. The Hall–Kier alpha value is -1.91. The number of anilines is 1. The van der Waals surface area contributed by atoms with Crippen LogP contribution in [0.4, 0.5) is 5.13 Å². The van der Waals surface area contributed by atoms with Gasteiger partial charge in [-0.05, 0) is 44.0 Å². The van der Waals surface area contributed by atoms with Crippen LogP contribution in [-0.4, -0.2) is 10.9 Å². The maximum atomic E-state index is 12.7. The molecule has 118 valence electrons. The number of thiazole rings is 1. The first kappa shape index (κ1) is 16.0. The first-order valence-electron chi connectivity index (χ1n) is 7.31. The smallest absolute Gasteiger partial charge is 0.236 e. The molecule has 0 atom stereocenters. The van der Waals surface area contributed by atoms with Crippen molar-refractivity contribution in [1.82, 2.24) is 4.98 Å². The van der Waals surface area contributed by atoms with Gasteiger partial charge in [0.15, 0.2) is 5.13 Å². The minimum Gasteiger partial charge on any atom is -0.301 e. The average Bonchev–Trinajstić information content (AvgIpc) is 2.89. The molecule has 2 aromatic carbocycles. The number of halogens is 1. The summed E-state index contributed by atoms with van der Waals surface area (Å²) >= 11 is 7.59. The number of aryl methyl sites for hydroxylation is 1. The monoisotopic (exact) mass is 344 g/mol. The maximum absolute atomic E-state index is 12.7. The standard InChI is InChI=1S/C18H17ClN2OS/c1-11-9-15-14(10-13(11)19)20-17(23-15)21-16(22)18(2,3)12-7-5-4-6-8-12/h4-10H,1-3H3,(H,20,21,22). The number of nitrogens with one attached hydrogen (secondary N) is 1. The van der Waals surface area contributed by atoms with E-state index in [1.807, 2.05) is 63.2 Å². The zero-order valence-electron chi connectivity index (χ0n) is 13.2. The number of nitrogens with zero attached hydrogens (tertiary/aromatic N) is 1. The van der Waals surface area contributed by atoms with E-state index in [1.165, 1.54) is 11.3 Å². The Morgan fingerprint density at radius 1 is 1.22 bits per heavy atom. The van der Waals surface area contributed by atoms with Gasteiger partial charge < -0.3 is 5.32 Å². The summed E-state index contributed by atoms with van der Waals surface area (Å²) in [5.41, 5.74) is 2.15. The van der Waals surface area contributed by atoms with Crippen LogP contribution in [0.25, 0.3) is 10.2 Å². The summed E-state index contributed by atoms with van der Waals surface area (Å²) in [6, 6.07) is 13.6. The molecule has 0 aliphatic rings. The summed E-state index contributed by atoms with van der Waals surface area (Å²) in [5, 5.41) is 4.21.